The van der Waals surface area contributed by atoms with Crippen LogP contribution in [0.4, 0.5) is 5.69 Å². The number of anilines is 1. The number of esters is 1. The molecule has 1 unspecified atom stereocenters. The molecule has 0 radical (unpaired) electrons. The third-order valence-corrected chi connectivity index (χ3v) is 9.42. The van der Waals surface area contributed by atoms with Crippen molar-refractivity contribution in [2.24, 2.45) is 5.41 Å². The number of hydrogen-bond acceptors (Lipinski definition) is 6. The van der Waals surface area contributed by atoms with Gasteiger partial charge in [0.2, 0.25) is 0 Å². The molecule has 236 valence electrons. The Morgan fingerprint density at radius 2 is 1.89 bits per heavy atom. The summed E-state index contributed by atoms with van der Waals surface area (Å²) in [7, 11) is 0. The average molecular weight is 628 g/mol. The van der Waals surface area contributed by atoms with Gasteiger partial charge in [-0.05, 0) is 91.3 Å². The second kappa shape index (κ2) is 13.3. The van der Waals surface area contributed by atoms with E-state index >= 15 is 0 Å². The van der Waals surface area contributed by atoms with Crippen LogP contribution in [0.2, 0.25) is 5.02 Å². The number of fused-ring (bicyclic) bond motifs is 1. The van der Waals surface area contributed by atoms with E-state index in [1.54, 1.807) is 13.0 Å². The van der Waals surface area contributed by atoms with E-state index in [1.807, 2.05) is 54.7 Å². The fraction of sp³-hybridized carbons (Fsp3) is 0.378. The van der Waals surface area contributed by atoms with Gasteiger partial charge in [-0.15, -0.1) is 0 Å². The molecule has 1 aliphatic carbocycles. The summed E-state index contributed by atoms with van der Waals surface area (Å²) in [5.41, 5.74) is 6.70. The minimum absolute atomic E-state index is 0.0299. The summed E-state index contributed by atoms with van der Waals surface area (Å²) < 4.78 is 11.7. The first-order valence-corrected chi connectivity index (χ1v) is 16.2. The number of carbonyl (C=O) groups excluding carboxylic acids is 1. The Balaban J connectivity index is 1.23. The largest absolute Gasteiger partial charge is 0.462 e. The van der Waals surface area contributed by atoms with Gasteiger partial charge in [0, 0.05) is 60.1 Å². The van der Waals surface area contributed by atoms with Gasteiger partial charge in [0.15, 0.2) is 0 Å². The number of rotatable bonds is 9. The summed E-state index contributed by atoms with van der Waals surface area (Å²) in [5, 5.41) is 12.3. The topological polar surface area (TPSA) is 78.0 Å². The van der Waals surface area contributed by atoms with Crippen LogP contribution in [0, 0.1) is 5.41 Å². The van der Waals surface area contributed by atoms with E-state index in [4.69, 9.17) is 21.1 Å². The molecule has 2 N–H and O–H groups in total. The smallest absolute Gasteiger partial charge is 0.341 e. The number of aliphatic hydroxyl groups is 1. The lowest BCUT2D eigenvalue weighted by Gasteiger charge is -2.43. The zero-order valence-electron chi connectivity index (χ0n) is 26.3. The molecule has 1 fully saturated rings. The molecule has 3 aromatic carbocycles. The highest BCUT2D eigenvalue weighted by Gasteiger charge is 2.32. The van der Waals surface area contributed by atoms with E-state index in [0.717, 1.165) is 60.5 Å². The van der Waals surface area contributed by atoms with Crippen LogP contribution in [0.15, 0.2) is 78.5 Å². The molecular weight excluding hydrogens is 586 g/mol. The molecule has 2 aliphatic rings. The number of hydrogen-bond donors (Lipinski definition) is 2. The van der Waals surface area contributed by atoms with Crippen LogP contribution in [-0.4, -0.2) is 66.4 Å². The van der Waals surface area contributed by atoms with E-state index in [2.05, 4.69) is 40.8 Å². The SMILES string of the molecule is CCOC(=O)c1ccc(N2CCN(CC3=C(c4ccc(Cl)cc4)CC(C)(C)CC3)C(CO)C2)cc1Oc1ccc2[nH]ccc2c1. The Hall–Kier alpha value is -3.78. The molecule has 0 amide bonds. The fourth-order valence-corrected chi connectivity index (χ4v) is 6.74. The van der Waals surface area contributed by atoms with Crippen LogP contribution in [-0.2, 0) is 4.74 Å². The van der Waals surface area contributed by atoms with Crippen LogP contribution in [0.25, 0.3) is 16.5 Å². The number of nitrogens with one attached hydrogen (secondary N) is 1. The van der Waals surface area contributed by atoms with E-state index in [0.29, 0.717) is 23.6 Å². The predicted molar refractivity (Wildman–Crippen MR) is 181 cm³/mol. The number of allylic oxidation sites excluding steroid dienone is 1. The zero-order chi connectivity index (χ0) is 31.6. The van der Waals surface area contributed by atoms with Crippen molar-refractivity contribution >= 4 is 39.7 Å². The summed E-state index contributed by atoms with van der Waals surface area (Å²) in [4.78, 5) is 20.8. The number of carbonyl (C=O) groups is 1. The Kier molecular flexibility index (Phi) is 9.22. The third-order valence-electron chi connectivity index (χ3n) is 9.17. The average Bonchev–Trinajstić information content (AvgIpc) is 3.50. The molecule has 0 saturated carbocycles. The minimum atomic E-state index is -0.416. The lowest BCUT2D eigenvalue weighted by atomic mass is 9.72. The normalized spacial score (nSPS) is 18.8. The molecular formula is C37H42ClN3O4. The van der Waals surface area contributed by atoms with Crippen molar-refractivity contribution in [3.63, 3.8) is 0 Å². The molecule has 4 aromatic rings. The number of aliphatic hydroxyl groups excluding tert-OH is 1. The van der Waals surface area contributed by atoms with Crippen molar-refractivity contribution in [1.82, 2.24) is 9.88 Å². The van der Waals surface area contributed by atoms with Crippen LogP contribution in [0.3, 0.4) is 0 Å². The highest BCUT2D eigenvalue weighted by molar-refractivity contribution is 6.30. The minimum Gasteiger partial charge on any atom is -0.462 e. The molecule has 1 saturated heterocycles. The van der Waals surface area contributed by atoms with Gasteiger partial charge in [0.1, 0.15) is 17.1 Å². The first-order valence-electron chi connectivity index (χ1n) is 15.9. The molecule has 1 aliphatic heterocycles. The van der Waals surface area contributed by atoms with E-state index in [-0.39, 0.29) is 24.7 Å². The third kappa shape index (κ3) is 7.06. The van der Waals surface area contributed by atoms with Gasteiger partial charge in [-0.1, -0.05) is 43.2 Å². The van der Waals surface area contributed by atoms with E-state index in [1.165, 1.54) is 16.7 Å². The molecule has 7 nitrogen and oxygen atoms in total. The molecule has 0 bridgehead atoms. The van der Waals surface area contributed by atoms with Crippen LogP contribution < -0.4 is 9.64 Å². The quantitative estimate of drug-likeness (QED) is 0.184. The molecule has 1 atom stereocenters. The first kappa shape index (κ1) is 31.2. The number of benzene rings is 3. The monoisotopic (exact) mass is 627 g/mol. The molecule has 6 rings (SSSR count). The first-order chi connectivity index (χ1) is 21.7. The molecule has 1 aromatic heterocycles. The highest BCUT2D eigenvalue weighted by Crippen LogP contribution is 2.43. The zero-order valence-corrected chi connectivity index (χ0v) is 27.1. The lowest BCUT2D eigenvalue weighted by molar-refractivity contribution is 0.0523. The number of H-pyrrole nitrogens is 1. The fourth-order valence-electron chi connectivity index (χ4n) is 6.61. The predicted octanol–water partition coefficient (Wildman–Crippen LogP) is 7.94. The van der Waals surface area contributed by atoms with Gasteiger partial charge in [0.05, 0.1) is 19.3 Å². The lowest BCUT2D eigenvalue weighted by Crippen LogP contribution is -2.55. The maximum absolute atomic E-state index is 12.9. The maximum atomic E-state index is 12.9. The van der Waals surface area contributed by atoms with Gasteiger partial charge in [-0.3, -0.25) is 4.90 Å². The Labute approximate surface area is 270 Å². The van der Waals surface area contributed by atoms with Crippen molar-refractivity contribution in [3.8, 4) is 11.5 Å². The molecule has 2 heterocycles. The highest BCUT2D eigenvalue weighted by atomic mass is 35.5. The number of ether oxygens (including phenoxy) is 2. The summed E-state index contributed by atoms with van der Waals surface area (Å²) in [5.74, 6) is 0.676. The number of aromatic nitrogens is 1. The number of piperazine rings is 1. The van der Waals surface area contributed by atoms with Crippen LogP contribution in [0.1, 0.15) is 56.0 Å². The second-order valence-electron chi connectivity index (χ2n) is 12.9. The van der Waals surface area contributed by atoms with E-state index < -0.39 is 5.97 Å². The second-order valence-corrected chi connectivity index (χ2v) is 13.3. The van der Waals surface area contributed by atoms with Crippen molar-refractivity contribution in [1.29, 1.82) is 0 Å². The summed E-state index contributed by atoms with van der Waals surface area (Å²) in [6.45, 7) is 9.94. The number of nitrogens with zero attached hydrogens (tertiary/aromatic N) is 2. The van der Waals surface area contributed by atoms with Gasteiger partial charge < -0.3 is 24.5 Å². The molecule has 8 heteroatoms. The molecule has 45 heavy (non-hydrogen) atoms. The van der Waals surface area contributed by atoms with E-state index in [9.17, 15) is 9.90 Å². The maximum Gasteiger partial charge on any atom is 0.341 e. The standard InChI is InChI=1S/C37H42ClN3O4/c1-4-44-36(43)32-11-9-29(20-35(32)45-31-10-12-34-26(19-31)14-16-39-34)41-18-17-40(30(23-41)24-42)22-27-13-15-37(2,3)21-33(27)25-5-7-28(38)8-6-25/h5-12,14,16,19-20,30,39,42H,4,13,15,17-18,21-24H2,1-3H3. The molecule has 0 spiro atoms. The van der Waals surface area contributed by atoms with Gasteiger partial charge in [0.25, 0.3) is 0 Å². The summed E-state index contributed by atoms with van der Waals surface area (Å²) in [6, 6.07) is 21.6. The summed E-state index contributed by atoms with van der Waals surface area (Å²) in [6.07, 6.45) is 5.12. The van der Waals surface area contributed by atoms with Crippen molar-refractivity contribution in [3.05, 3.63) is 94.6 Å². The van der Waals surface area contributed by atoms with Gasteiger partial charge >= 0.3 is 5.97 Å². The number of aromatic amines is 1. The van der Waals surface area contributed by atoms with Crippen LogP contribution in [0.5, 0.6) is 11.5 Å². The van der Waals surface area contributed by atoms with Crippen molar-refractivity contribution < 1.29 is 19.4 Å². The van der Waals surface area contributed by atoms with Gasteiger partial charge in [-0.25, -0.2) is 4.79 Å². The van der Waals surface area contributed by atoms with Crippen LogP contribution >= 0.6 is 11.6 Å². The van der Waals surface area contributed by atoms with Gasteiger partial charge in [-0.2, -0.15) is 0 Å². The van der Waals surface area contributed by atoms with Crippen molar-refractivity contribution in [2.45, 2.75) is 46.1 Å². The Morgan fingerprint density at radius 1 is 1.07 bits per heavy atom. The Morgan fingerprint density at radius 3 is 2.67 bits per heavy atom. The number of halogens is 1. The van der Waals surface area contributed by atoms with Crippen molar-refractivity contribution in [2.75, 3.05) is 44.3 Å². The summed E-state index contributed by atoms with van der Waals surface area (Å²) >= 11 is 6.22. The Bertz CT molecular complexity index is 1690.